The highest BCUT2D eigenvalue weighted by molar-refractivity contribution is 6.01. The number of fused-ring (bicyclic) bond motifs is 1. The average molecular weight is 335 g/mol. The van der Waals surface area contributed by atoms with E-state index in [1.54, 1.807) is 0 Å². The summed E-state index contributed by atoms with van der Waals surface area (Å²) in [6.45, 7) is 4.76. The lowest BCUT2D eigenvalue weighted by molar-refractivity contribution is -0.177. The van der Waals surface area contributed by atoms with Crippen LogP contribution in [-0.2, 0) is 19.2 Å². The Morgan fingerprint density at radius 1 is 1.25 bits per heavy atom. The molecule has 3 atom stereocenters. The fourth-order valence-corrected chi connectivity index (χ4v) is 4.65. The minimum atomic E-state index is -0.963. The second kappa shape index (κ2) is 6.57. The molecule has 2 amide bonds. The zero-order valence-electron chi connectivity index (χ0n) is 14.3. The van der Waals surface area contributed by atoms with Crippen molar-refractivity contribution in [2.45, 2.75) is 52.4 Å². The van der Waals surface area contributed by atoms with Crippen molar-refractivity contribution in [1.82, 2.24) is 5.06 Å². The summed E-state index contributed by atoms with van der Waals surface area (Å²) in [4.78, 5) is 39.5. The Hall–Kier alpha value is -1.85. The Bertz CT molecular complexity index is 554. The summed E-state index contributed by atoms with van der Waals surface area (Å²) in [7, 11) is 0. The van der Waals surface area contributed by atoms with E-state index in [9.17, 15) is 14.4 Å². The molecular formula is C18H25NO5. The van der Waals surface area contributed by atoms with E-state index >= 15 is 0 Å². The Labute approximate surface area is 142 Å². The second-order valence-corrected chi connectivity index (χ2v) is 7.30. The van der Waals surface area contributed by atoms with Crippen molar-refractivity contribution in [2.24, 2.45) is 23.2 Å². The number of amides is 2. The van der Waals surface area contributed by atoms with Crippen LogP contribution >= 0.6 is 0 Å². The summed E-state index contributed by atoms with van der Waals surface area (Å²) in [6, 6.07) is 0. The Morgan fingerprint density at radius 2 is 1.92 bits per heavy atom. The number of imide groups is 1. The van der Waals surface area contributed by atoms with Crippen molar-refractivity contribution >= 4 is 18.0 Å². The van der Waals surface area contributed by atoms with Crippen molar-refractivity contribution < 1.29 is 24.0 Å². The van der Waals surface area contributed by atoms with Crippen LogP contribution in [0.3, 0.4) is 0 Å². The van der Waals surface area contributed by atoms with Crippen LogP contribution in [0.25, 0.3) is 0 Å². The number of carbonyl (C=O) groups excluding carboxylic acids is 3. The molecule has 0 N–H and O–H groups in total. The van der Waals surface area contributed by atoms with Crippen molar-refractivity contribution in [3.63, 3.8) is 0 Å². The number of hydrogen-bond donors (Lipinski definition) is 0. The molecule has 1 heterocycles. The molecule has 6 nitrogen and oxygen atoms in total. The highest BCUT2D eigenvalue weighted by Crippen LogP contribution is 2.68. The van der Waals surface area contributed by atoms with E-state index in [2.05, 4.69) is 26.0 Å². The van der Waals surface area contributed by atoms with Gasteiger partial charge in [0.05, 0.1) is 6.61 Å². The minimum absolute atomic E-state index is 0.0836. The van der Waals surface area contributed by atoms with Crippen LogP contribution in [-0.4, -0.2) is 29.6 Å². The van der Waals surface area contributed by atoms with Gasteiger partial charge >= 0.3 is 6.16 Å². The van der Waals surface area contributed by atoms with Gasteiger partial charge in [0.2, 0.25) is 0 Å². The van der Waals surface area contributed by atoms with Crippen molar-refractivity contribution in [3.05, 3.63) is 12.2 Å². The van der Waals surface area contributed by atoms with E-state index in [-0.39, 0.29) is 24.9 Å². The zero-order chi connectivity index (χ0) is 17.3. The topological polar surface area (TPSA) is 72.9 Å². The van der Waals surface area contributed by atoms with Gasteiger partial charge < -0.3 is 4.74 Å². The summed E-state index contributed by atoms with van der Waals surface area (Å²) in [5.41, 5.74) is 0.227. The Kier molecular flexibility index (Phi) is 4.65. The van der Waals surface area contributed by atoms with E-state index < -0.39 is 18.0 Å². The van der Waals surface area contributed by atoms with Crippen LogP contribution in [0.1, 0.15) is 52.4 Å². The number of hydroxylamine groups is 2. The molecule has 0 radical (unpaired) electrons. The van der Waals surface area contributed by atoms with Gasteiger partial charge in [-0.25, -0.2) is 4.79 Å². The largest absolute Gasteiger partial charge is 0.533 e. The molecule has 3 aliphatic rings. The molecule has 0 aromatic rings. The third-order valence-corrected chi connectivity index (χ3v) is 5.94. The van der Waals surface area contributed by atoms with Gasteiger partial charge in [0.1, 0.15) is 0 Å². The molecule has 24 heavy (non-hydrogen) atoms. The van der Waals surface area contributed by atoms with E-state index in [1.807, 2.05) is 0 Å². The highest BCUT2D eigenvalue weighted by Gasteiger charge is 2.64. The van der Waals surface area contributed by atoms with E-state index in [4.69, 9.17) is 9.57 Å². The van der Waals surface area contributed by atoms with E-state index in [1.165, 1.54) is 0 Å². The Morgan fingerprint density at radius 3 is 2.58 bits per heavy atom. The third-order valence-electron chi connectivity index (χ3n) is 5.94. The van der Waals surface area contributed by atoms with Gasteiger partial charge in [-0.2, -0.15) is 0 Å². The van der Waals surface area contributed by atoms with Crippen LogP contribution in [0.4, 0.5) is 4.79 Å². The maximum Gasteiger partial charge on any atom is 0.533 e. The monoisotopic (exact) mass is 335 g/mol. The molecule has 2 aliphatic carbocycles. The average Bonchev–Trinajstić information content (AvgIpc) is 3.01. The lowest BCUT2D eigenvalue weighted by Crippen LogP contribution is -2.32. The number of nitrogens with zero attached hydrogens (tertiary/aromatic N) is 1. The summed E-state index contributed by atoms with van der Waals surface area (Å²) in [5.74, 6) is 0.435. The van der Waals surface area contributed by atoms with Gasteiger partial charge in [-0.1, -0.05) is 31.1 Å². The standard InChI is InChI=1S/C18H25NO5/c1-12(2)18-10-6-4-3-5-7-13(18)14(18)11-23-17(22)24-19-15(20)8-9-16(19)21/h3-4,12-14H,5-11H2,1-2H3/b4-3-/t13-,14?,18+/m1/s1. The van der Waals surface area contributed by atoms with Gasteiger partial charge in [0.25, 0.3) is 11.8 Å². The summed E-state index contributed by atoms with van der Waals surface area (Å²) in [6.07, 6.45) is 8.03. The van der Waals surface area contributed by atoms with Crippen molar-refractivity contribution in [1.29, 1.82) is 0 Å². The van der Waals surface area contributed by atoms with Crippen LogP contribution < -0.4 is 0 Å². The Balaban J connectivity index is 1.55. The lowest BCUT2D eigenvalue weighted by Gasteiger charge is -2.23. The van der Waals surface area contributed by atoms with Gasteiger partial charge in [0.15, 0.2) is 0 Å². The fourth-order valence-electron chi connectivity index (χ4n) is 4.65. The first-order valence-corrected chi connectivity index (χ1v) is 8.82. The normalized spacial score (nSPS) is 33.7. The van der Waals surface area contributed by atoms with Gasteiger partial charge in [-0.3, -0.25) is 14.4 Å². The van der Waals surface area contributed by atoms with Gasteiger partial charge in [0, 0.05) is 18.8 Å². The molecule has 0 spiro atoms. The molecular weight excluding hydrogens is 310 g/mol. The second-order valence-electron chi connectivity index (χ2n) is 7.30. The molecule has 132 valence electrons. The molecule has 3 rings (SSSR count). The van der Waals surface area contributed by atoms with Gasteiger partial charge in [-0.05, 0) is 42.9 Å². The number of allylic oxidation sites excluding steroid dienone is 2. The first kappa shape index (κ1) is 17.0. The number of carbonyl (C=O) groups is 3. The fraction of sp³-hybridized carbons (Fsp3) is 0.722. The quantitative estimate of drug-likeness (QED) is 0.448. The SMILES string of the molecule is CC(C)[C@@]12CC/C=C\CC[C@@H]1C2COC(=O)ON1C(=O)CCC1=O. The molecule has 0 aromatic heterocycles. The van der Waals surface area contributed by atoms with Crippen LogP contribution in [0.15, 0.2) is 12.2 Å². The molecule has 1 saturated heterocycles. The maximum atomic E-state index is 11.8. The molecule has 0 aromatic carbocycles. The van der Waals surface area contributed by atoms with Gasteiger partial charge in [-0.15, -0.1) is 0 Å². The zero-order valence-corrected chi connectivity index (χ0v) is 14.3. The summed E-state index contributed by atoms with van der Waals surface area (Å²) < 4.78 is 5.25. The minimum Gasteiger partial charge on any atom is -0.432 e. The van der Waals surface area contributed by atoms with Crippen molar-refractivity contribution in [3.8, 4) is 0 Å². The predicted molar refractivity (Wildman–Crippen MR) is 85.4 cm³/mol. The molecule has 6 heteroatoms. The lowest BCUT2D eigenvalue weighted by atomic mass is 9.82. The number of hydrogen-bond acceptors (Lipinski definition) is 5. The predicted octanol–water partition coefficient (Wildman–Crippen LogP) is 3.22. The van der Waals surface area contributed by atoms with Crippen LogP contribution in [0, 0.1) is 23.2 Å². The van der Waals surface area contributed by atoms with E-state index in [0.717, 1.165) is 25.7 Å². The smallest absolute Gasteiger partial charge is 0.432 e. The first-order chi connectivity index (χ1) is 11.5. The first-order valence-electron chi connectivity index (χ1n) is 8.82. The molecule has 1 saturated carbocycles. The maximum absolute atomic E-state index is 11.8. The van der Waals surface area contributed by atoms with Crippen LogP contribution in [0.5, 0.6) is 0 Å². The third kappa shape index (κ3) is 2.94. The van der Waals surface area contributed by atoms with Crippen molar-refractivity contribution in [2.75, 3.05) is 6.61 Å². The summed E-state index contributed by atoms with van der Waals surface area (Å²) >= 11 is 0. The van der Waals surface area contributed by atoms with Crippen LogP contribution in [0.2, 0.25) is 0 Å². The van der Waals surface area contributed by atoms with E-state index in [0.29, 0.717) is 22.8 Å². The molecule has 1 aliphatic heterocycles. The molecule has 1 unspecified atom stereocenters. The molecule has 0 bridgehead atoms. The highest BCUT2D eigenvalue weighted by atomic mass is 16.8. The molecule has 2 fully saturated rings. The number of ether oxygens (including phenoxy) is 1. The summed E-state index contributed by atoms with van der Waals surface area (Å²) in [5, 5.41) is 0.528. The number of rotatable bonds is 4.